The molecule has 2 aromatic carbocycles. The van der Waals surface area contributed by atoms with E-state index >= 15 is 0 Å². The molecule has 2 aliphatic rings. The third-order valence-corrected chi connectivity index (χ3v) is 6.37. The second-order valence-electron chi connectivity index (χ2n) is 8.12. The number of aliphatic hydroxyl groups is 2. The highest BCUT2D eigenvalue weighted by Crippen LogP contribution is 2.42. The fraction of sp³-hybridized carbons (Fsp3) is 0.400. The maximum Gasteiger partial charge on any atom is 0.246 e. The van der Waals surface area contributed by atoms with Gasteiger partial charge in [0.25, 0.3) is 0 Å². The second kappa shape index (κ2) is 9.11. The van der Waals surface area contributed by atoms with Gasteiger partial charge in [-0.25, -0.2) is 0 Å². The maximum atomic E-state index is 13.7. The van der Waals surface area contributed by atoms with Gasteiger partial charge in [-0.05, 0) is 35.6 Å². The molecular formula is C25H28N2O4. The summed E-state index contributed by atoms with van der Waals surface area (Å²) in [5.74, 6) is 2.23. The smallest absolute Gasteiger partial charge is 0.246 e. The van der Waals surface area contributed by atoms with E-state index in [4.69, 9.17) is 11.2 Å². The van der Waals surface area contributed by atoms with Crippen molar-refractivity contribution in [3.63, 3.8) is 0 Å². The van der Waals surface area contributed by atoms with E-state index in [-0.39, 0.29) is 5.91 Å². The molecule has 0 saturated carbocycles. The molecule has 1 aliphatic carbocycles. The number of fused-ring (bicyclic) bond motifs is 1. The molecule has 1 aliphatic heterocycles. The Morgan fingerprint density at radius 1 is 1.23 bits per heavy atom. The van der Waals surface area contributed by atoms with E-state index in [1.165, 1.54) is 0 Å². The number of nitrogens with zero attached hydrogens (tertiary/aromatic N) is 1. The largest absolute Gasteiger partial charge is 0.388 e. The molecule has 0 spiro atoms. The molecule has 162 valence electrons. The van der Waals surface area contributed by atoms with Crippen LogP contribution in [0.2, 0.25) is 0 Å². The number of benzene rings is 2. The zero-order valence-corrected chi connectivity index (χ0v) is 17.5. The highest BCUT2D eigenvalue weighted by atomic mass is 16.5. The zero-order chi connectivity index (χ0) is 21.8. The SMILES string of the molecule is C#CC(O)N(c1cccc2c1CCC2O)C1(C(=O)NCc2ccccc2)CCOCC1. The van der Waals surface area contributed by atoms with Crippen molar-refractivity contribution < 1.29 is 19.7 Å². The minimum atomic E-state index is -1.29. The van der Waals surface area contributed by atoms with Crippen molar-refractivity contribution >= 4 is 11.6 Å². The van der Waals surface area contributed by atoms with Gasteiger partial charge in [0.1, 0.15) is 5.54 Å². The first kappa shape index (κ1) is 21.4. The van der Waals surface area contributed by atoms with Crippen LogP contribution in [0.5, 0.6) is 0 Å². The van der Waals surface area contributed by atoms with Gasteiger partial charge in [-0.15, -0.1) is 6.42 Å². The number of carbonyl (C=O) groups is 1. The summed E-state index contributed by atoms with van der Waals surface area (Å²) < 4.78 is 5.57. The van der Waals surface area contributed by atoms with Crippen LogP contribution in [0.3, 0.4) is 0 Å². The first-order chi connectivity index (χ1) is 15.1. The molecule has 6 heteroatoms. The van der Waals surface area contributed by atoms with Crippen LogP contribution in [0.1, 0.15) is 42.1 Å². The normalized spacial score (nSPS) is 20.4. The Morgan fingerprint density at radius 2 is 1.97 bits per heavy atom. The van der Waals surface area contributed by atoms with E-state index in [0.29, 0.717) is 51.1 Å². The summed E-state index contributed by atoms with van der Waals surface area (Å²) in [6, 6.07) is 15.3. The minimum absolute atomic E-state index is 0.190. The number of aliphatic hydroxyl groups excluding tert-OH is 2. The summed E-state index contributed by atoms with van der Waals surface area (Å²) in [7, 11) is 0. The van der Waals surface area contributed by atoms with Gasteiger partial charge < -0.3 is 25.2 Å². The van der Waals surface area contributed by atoms with E-state index in [1.807, 2.05) is 48.5 Å². The van der Waals surface area contributed by atoms with Crippen LogP contribution in [-0.2, 0) is 22.5 Å². The Kier molecular flexibility index (Phi) is 6.28. The standard InChI is InChI=1S/C25H28N2O4/c1-2-23(29)27(21-10-6-9-20-19(21)11-12-22(20)28)25(13-15-31-16-14-25)24(30)26-17-18-7-4-3-5-8-18/h1,3-10,22-23,28-29H,11-17H2,(H,26,30). The van der Waals surface area contributed by atoms with Crippen molar-refractivity contribution in [3.05, 3.63) is 65.2 Å². The van der Waals surface area contributed by atoms with Crippen LogP contribution in [0.4, 0.5) is 5.69 Å². The lowest BCUT2D eigenvalue weighted by molar-refractivity contribution is -0.131. The van der Waals surface area contributed by atoms with Crippen LogP contribution >= 0.6 is 0 Å². The number of rotatable bonds is 6. The van der Waals surface area contributed by atoms with Crippen molar-refractivity contribution in [3.8, 4) is 12.3 Å². The Morgan fingerprint density at radius 3 is 2.68 bits per heavy atom. The predicted octanol–water partition coefficient (Wildman–Crippen LogP) is 2.29. The number of hydrogen-bond acceptors (Lipinski definition) is 5. The lowest BCUT2D eigenvalue weighted by Crippen LogP contribution is -2.64. The molecule has 0 bridgehead atoms. The molecule has 0 radical (unpaired) electrons. The van der Waals surface area contributed by atoms with Crippen molar-refractivity contribution in [2.45, 2.75) is 50.1 Å². The Hall–Kier alpha value is -2.85. The summed E-state index contributed by atoms with van der Waals surface area (Å²) in [6.07, 6.45) is 5.91. The summed E-state index contributed by atoms with van der Waals surface area (Å²) in [5, 5.41) is 24.3. The summed E-state index contributed by atoms with van der Waals surface area (Å²) in [6.45, 7) is 1.17. The van der Waals surface area contributed by atoms with Gasteiger partial charge in [-0.3, -0.25) is 4.79 Å². The number of terminal acetylenes is 1. The average molecular weight is 421 g/mol. The summed E-state index contributed by atoms with van der Waals surface area (Å²) in [5.41, 5.74) is 2.41. The monoisotopic (exact) mass is 420 g/mol. The van der Waals surface area contributed by atoms with Crippen LogP contribution in [-0.4, -0.2) is 41.1 Å². The highest BCUT2D eigenvalue weighted by Gasteiger charge is 2.48. The molecule has 1 saturated heterocycles. The van der Waals surface area contributed by atoms with E-state index in [9.17, 15) is 15.0 Å². The van der Waals surface area contributed by atoms with Gasteiger partial charge in [0.05, 0.1) is 6.10 Å². The topological polar surface area (TPSA) is 82.0 Å². The van der Waals surface area contributed by atoms with Crippen LogP contribution in [0.15, 0.2) is 48.5 Å². The molecule has 1 heterocycles. The molecule has 31 heavy (non-hydrogen) atoms. The third kappa shape index (κ3) is 4.05. The molecule has 4 rings (SSSR count). The molecule has 2 aromatic rings. The van der Waals surface area contributed by atoms with Crippen molar-refractivity contribution in [1.82, 2.24) is 5.32 Å². The quantitative estimate of drug-likeness (QED) is 0.494. The predicted molar refractivity (Wildman–Crippen MR) is 118 cm³/mol. The molecule has 6 nitrogen and oxygen atoms in total. The third-order valence-electron chi connectivity index (χ3n) is 6.37. The van der Waals surface area contributed by atoms with Gasteiger partial charge >= 0.3 is 0 Å². The Labute approximate surface area is 182 Å². The van der Waals surface area contributed by atoms with Gasteiger partial charge in [0.2, 0.25) is 5.91 Å². The second-order valence-corrected chi connectivity index (χ2v) is 8.12. The number of nitrogens with one attached hydrogen (secondary N) is 1. The number of amides is 1. The minimum Gasteiger partial charge on any atom is -0.388 e. The van der Waals surface area contributed by atoms with E-state index in [2.05, 4.69) is 11.2 Å². The number of hydrogen-bond donors (Lipinski definition) is 3. The average Bonchev–Trinajstić information content (AvgIpc) is 3.20. The first-order valence-corrected chi connectivity index (χ1v) is 10.7. The van der Waals surface area contributed by atoms with Gasteiger partial charge in [-0.1, -0.05) is 48.4 Å². The van der Waals surface area contributed by atoms with E-state index in [1.54, 1.807) is 4.90 Å². The Balaban J connectivity index is 1.73. The van der Waals surface area contributed by atoms with E-state index < -0.39 is 17.9 Å². The van der Waals surface area contributed by atoms with E-state index in [0.717, 1.165) is 16.7 Å². The molecular weight excluding hydrogens is 392 g/mol. The van der Waals surface area contributed by atoms with Crippen LogP contribution in [0.25, 0.3) is 0 Å². The van der Waals surface area contributed by atoms with Gasteiger partial charge in [-0.2, -0.15) is 0 Å². The van der Waals surface area contributed by atoms with Gasteiger partial charge in [0.15, 0.2) is 6.23 Å². The summed E-state index contributed by atoms with van der Waals surface area (Å²) in [4.78, 5) is 15.3. The lowest BCUT2D eigenvalue weighted by Gasteiger charge is -2.47. The maximum absolute atomic E-state index is 13.7. The van der Waals surface area contributed by atoms with Crippen molar-refractivity contribution in [2.24, 2.45) is 0 Å². The highest BCUT2D eigenvalue weighted by molar-refractivity contribution is 5.91. The van der Waals surface area contributed by atoms with Gasteiger partial charge in [0, 0.05) is 38.3 Å². The van der Waals surface area contributed by atoms with Crippen molar-refractivity contribution in [1.29, 1.82) is 0 Å². The molecule has 0 aromatic heterocycles. The number of anilines is 1. The zero-order valence-electron chi connectivity index (χ0n) is 17.5. The molecule has 1 fully saturated rings. The van der Waals surface area contributed by atoms with Crippen LogP contribution in [0, 0.1) is 12.3 Å². The fourth-order valence-corrected chi connectivity index (χ4v) is 4.74. The first-order valence-electron chi connectivity index (χ1n) is 10.7. The van der Waals surface area contributed by atoms with Crippen molar-refractivity contribution in [2.75, 3.05) is 18.1 Å². The number of carbonyl (C=O) groups excluding carboxylic acids is 1. The molecule has 1 amide bonds. The number of ether oxygens (including phenoxy) is 1. The molecule has 2 atom stereocenters. The fourth-order valence-electron chi connectivity index (χ4n) is 4.74. The lowest BCUT2D eigenvalue weighted by atomic mass is 9.85. The Bertz CT molecular complexity index is 963. The molecule has 2 unspecified atom stereocenters. The summed E-state index contributed by atoms with van der Waals surface area (Å²) >= 11 is 0. The van der Waals surface area contributed by atoms with Crippen LogP contribution < -0.4 is 10.2 Å². The molecule has 3 N–H and O–H groups in total.